The number of rotatable bonds is 3. The first-order valence-corrected chi connectivity index (χ1v) is 6.48. The van der Waals surface area contributed by atoms with Gasteiger partial charge in [-0.25, -0.2) is 4.39 Å². The summed E-state index contributed by atoms with van der Waals surface area (Å²) in [6.07, 6.45) is 0.641. The van der Waals surface area contributed by atoms with Crippen molar-refractivity contribution in [3.8, 4) is 6.07 Å². The van der Waals surface area contributed by atoms with Crippen LogP contribution in [0.4, 0.5) is 4.39 Å². The number of carbonyl (C=O) groups is 1. The Balaban J connectivity index is 1.91. The Hall–Kier alpha value is -2.47. The van der Waals surface area contributed by atoms with E-state index >= 15 is 0 Å². The molecule has 98 valence electrons. The fourth-order valence-electron chi connectivity index (χ4n) is 2.71. The van der Waals surface area contributed by atoms with E-state index in [1.54, 1.807) is 12.1 Å². The van der Waals surface area contributed by atoms with Crippen LogP contribution in [0.3, 0.4) is 0 Å². The molecule has 0 radical (unpaired) electrons. The van der Waals surface area contributed by atoms with Crippen molar-refractivity contribution in [1.29, 1.82) is 5.26 Å². The van der Waals surface area contributed by atoms with Crippen molar-refractivity contribution in [3.05, 3.63) is 71.0 Å². The summed E-state index contributed by atoms with van der Waals surface area (Å²) in [4.78, 5) is 12.5. The van der Waals surface area contributed by atoms with Crippen molar-refractivity contribution >= 4 is 5.78 Å². The van der Waals surface area contributed by atoms with Gasteiger partial charge in [0.15, 0.2) is 5.78 Å². The zero-order valence-electron chi connectivity index (χ0n) is 10.7. The molecule has 0 aromatic heterocycles. The number of fused-ring (bicyclic) bond motifs is 1. The molecule has 0 saturated heterocycles. The summed E-state index contributed by atoms with van der Waals surface area (Å²) in [5.41, 5.74) is 2.27. The Morgan fingerprint density at radius 1 is 1.20 bits per heavy atom. The second kappa shape index (κ2) is 4.90. The predicted molar refractivity (Wildman–Crippen MR) is 72.6 cm³/mol. The van der Waals surface area contributed by atoms with Gasteiger partial charge in [-0.1, -0.05) is 42.5 Å². The molecular formula is C17H12FNO. The SMILES string of the molecule is N#CC(C(=O)C1Cc2ccccc21)c1ccccc1F. The molecule has 2 aromatic rings. The Morgan fingerprint density at radius 3 is 2.60 bits per heavy atom. The summed E-state index contributed by atoms with van der Waals surface area (Å²) in [6.45, 7) is 0. The van der Waals surface area contributed by atoms with E-state index in [0.717, 1.165) is 11.1 Å². The van der Waals surface area contributed by atoms with Crippen LogP contribution in [0.1, 0.15) is 28.5 Å². The molecule has 0 spiro atoms. The molecule has 0 heterocycles. The minimum atomic E-state index is -1.03. The van der Waals surface area contributed by atoms with E-state index in [0.29, 0.717) is 6.42 Å². The highest BCUT2D eigenvalue weighted by molar-refractivity contribution is 5.96. The molecule has 3 rings (SSSR count). The third-order valence-electron chi connectivity index (χ3n) is 3.83. The number of hydrogen-bond acceptors (Lipinski definition) is 2. The minimum absolute atomic E-state index is 0.171. The molecule has 2 atom stereocenters. The number of hydrogen-bond donors (Lipinski definition) is 0. The molecule has 2 unspecified atom stereocenters. The molecule has 20 heavy (non-hydrogen) atoms. The highest BCUT2D eigenvalue weighted by Crippen LogP contribution is 2.39. The van der Waals surface area contributed by atoms with Crippen LogP contribution < -0.4 is 0 Å². The lowest BCUT2D eigenvalue weighted by Crippen LogP contribution is -2.29. The highest BCUT2D eigenvalue weighted by atomic mass is 19.1. The van der Waals surface area contributed by atoms with Crippen LogP contribution in [0, 0.1) is 17.1 Å². The molecule has 0 saturated carbocycles. The third kappa shape index (κ3) is 1.90. The maximum absolute atomic E-state index is 13.8. The maximum atomic E-state index is 13.8. The van der Waals surface area contributed by atoms with E-state index in [1.807, 2.05) is 30.3 Å². The Labute approximate surface area is 116 Å². The van der Waals surface area contributed by atoms with E-state index in [2.05, 4.69) is 0 Å². The summed E-state index contributed by atoms with van der Waals surface area (Å²) in [6, 6.07) is 15.6. The van der Waals surface area contributed by atoms with Gasteiger partial charge in [-0.15, -0.1) is 0 Å². The standard InChI is InChI=1S/C17H12FNO/c18-16-8-4-3-7-13(16)15(10-19)17(20)14-9-11-5-1-2-6-12(11)14/h1-8,14-15H,9H2. The van der Waals surface area contributed by atoms with Gasteiger partial charge in [-0.3, -0.25) is 4.79 Å². The Morgan fingerprint density at radius 2 is 1.90 bits per heavy atom. The summed E-state index contributed by atoms with van der Waals surface area (Å²) in [5, 5.41) is 9.25. The van der Waals surface area contributed by atoms with E-state index in [1.165, 1.54) is 12.1 Å². The van der Waals surface area contributed by atoms with Crippen LogP contribution in [-0.2, 0) is 11.2 Å². The van der Waals surface area contributed by atoms with Crippen LogP contribution >= 0.6 is 0 Å². The molecule has 1 aliphatic carbocycles. The van der Waals surface area contributed by atoms with Gasteiger partial charge < -0.3 is 0 Å². The number of Topliss-reactive ketones (excluding diaryl/α,β-unsaturated/α-hetero) is 1. The number of nitriles is 1. The van der Waals surface area contributed by atoms with E-state index in [9.17, 15) is 14.4 Å². The number of halogens is 1. The summed E-state index contributed by atoms with van der Waals surface area (Å²) < 4.78 is 13.8. The number of carbonyl (C=O) groups excluding carboxylic acids is 1. The average Bonchev–Trinajstić information content (AvgIpc) is 2.43. The summed E-state index contributed by atoms with van der Waals surface area (Å²) >= 11 is 0. The van der Waals surface area contributed by atoms with Crippen LogP contribution in [-0.4, -0.2) is 5.78 Å². The largest absolute Gasteiger partial charge is 0.297 e. The van der Waals surface area contributed by atoms with Gasteiger partial charge in [0.1, 0.15) is 11.7 Å². The number of benzene rings is 2. The summed E-state index contributed by atoms with van der Waals surface area (Å²) in [5.74, 6) is -2.03. The minimum Gasteiger partial charge on any atom is -0.297 e. The molecule has 0 aliphatic heterocycles. The molecule has 0 bridgehead atoms. The second-order valence-electron chi connectivity index (χ2n) is 4.94. The summed E-state index contributed by atoms with van der Waals surface area (Å²) in [7, 11) is 0. The van der Waals surface area contributed by atoms with E-state index in [4.69, 9.17) is 0 Å². The van der Waals surface area contributed by atoms with Gasteiger partial charge in [0, 0.05) is 11.5 Å². The molecule has 2 nitrogen and oxygen atoms in total. The van der Waals surface area contributed by atoms with Crippen molar-refractivity contribution in [2.75, 3.05) is 0 Å². The molecule has 0 fully saturated rings. The highest BCUT2D eigenvalue weighted by Gasteiger charge is 2.37. The van der Waals surface area contributed by atoms with Crippen molar-refractivity contribution in [2.45, 2.75) is 18.3 Å². The maximum Gasteiger partial charge on any atom is 0.162 e. The lowest BCUT2D eigenvalue weighted by Gasteiger charge is -2.30. The first-order valence-electron chi connectivity index (χ1n) is 6.48. The van der Waals surface area contributed by atoms with Crippen LogP contribution in [0.15, 0.2) is 48.5 Å². The fraction of sp³-hybridized carbons (Fsp3) is 0.176. The number of nitrogens with zero attached hydrogens (tertiary/aromatic N) is 1. The first-order chi connectivity index (χ1) is 9.72. The Bertz CT molecular complexity index is 717. The lowest BCUT2D eigenvalue weighted by molar-refractivity contribution is -0.121. The average molecular weight is 265 g/mol. The van der Waals surface area contributed by atoms with Gasteiger partial charge in [-0.05, 0) is 23.6 Å². The Kier molecular flexibility index (Phi) is 3.08. The van der Waals surface area contributed by atoms with Gasteiger partial charge in [-0.2, -0.15) is 5.26 Å². The molecule has 0 amide bonds. The van der Waals surface area contributed by atoms with Gasteiger partial charge in [0.2, 0.25) is 0 Å². The third-order valence-corrected chi connectivity index (χ3v) is 3.83. The number of ketones is 1. The van der Waals surface area contributed by atoms with Gasteiger partial charge >= 0.3 is 0 Å². The zero-order valence-corrected chi connectivity index (χ0v) is 10.7. The van der Waals surface area contributed by atoms with Crippen molar-refractivity contribution in [3.63, 3.8) is 0 Å². The normalized spacial score (nSPS) is 17.5. The fourth-order valence-corrected chi connectivity index (χ4v) is 2.71. The van der Waals surface area contributed by atoms with Crippen LogP contribution in [0.2, 0.25) is 0 Å². The second-order valence-corrected chi connectivity index (χ2v) is 4.94. The molecule has 3 heteroatoms. The van der Waals surface area contributed by atoms with Crippen molar-refractivity contribution < 1.29 is 9.18 Å². The smallest absolute Gasteiger partial charge is 0.162 e. The predicted octanol–water partition coefficient (Wildman–Crippen LogP) is 3.34. The molecule has 2 aromatic carbocycles. The zero-order chi connectivity index (χ0) is 14.1. The monoisotopic (exact) mass is 265 g/mol. The van der Waals surface area contributed by atoms with Crippen LogP contribution in [0.5, 0.6) is 0 Å². The van der Waals surface area contributed by atoms with Crippen molar-refractivity contribution in [1.82, 2.24) is 0 Å². The van der Waals surface area contributed by atoms with Crippen LogP contribution in [0.25, 0.3) is 0 Å². The van der Waals surface area contributed by atoms with Crippen molar-refractivity contribution in [2.24, 2.45) is 0 Å². The molecule has 0 N–H and O–H groups in total. The molecule has 1 aliphatic rings. The van der Waals surface area contributed by atoms with E-state index in [-0.39, 0.29) is 17.3 Å². The lowest BCUT2D eigenvalue weighted by atomic mass is 9.71. The quantitative estimate of drug-likeness (QED) is 0.854. The van der Waals surface area contributed by atoms with E-state index < -0.39 is 11.7 Å². The first kappa shape index (κ1) is 12.6. The van der Waals surface area contributed by atoms with Gasteiger partial charge in [0.05, 0.1) is 6.07 Å². The topological polar surface area (TPSA) is 40.9 Å². The van der Waals surface area contributed by atoms with Gasteiger partial charge in [0.25, 0.3) is 0 Å². The molecular weight excluding hydrogens is 253 g/mol.